The summed E-state index contributed by atoms with van der Waals surface area (Å²) in [5.74, 6) is -1.82. The Kier molecular flexibility index (Phi) is 51.0. The standard InChI is InChI=1S/2C12H24O2.2C2H7NO/c2*1-2-3-4-5-6-7-8-9-10-11-12(13)14;2*3-1-2-4/h2*2-11H2,1H3,(H,13,14);2*4H,1-3H2. The number of unbranched alkanes of at least 4 members (excludes halogenated alkanes) is 16. The van der Waals surface area contributed by atoms with Crippen molar-refractivity contribution in [1.29, 1.82) is 0 Å². The highest BCUT2D eigenvalue weighted by Gasteiger charge is 1.93. The molecule has 36 heavy (non-hydrogen) atoms. The van der Waals surface area contributed by atoms with Gasteiger partial charge in [0.05, 0.1) is 26.3 Å². The maximum atomic E-state index is 10.1. The van der Waals surface area contributed by atoms with Crippen molar-refractivity contribution in [3.63, 3.8) is 0 Å². The molecule has 0 aliphatic carbocycles. The minimum atomic E-state index is -0.909. The topological polar surface area (TPSA) is 176 Å². The molecule has 0 heterocycles. The van der Waals surface area contributed by atoms with E-state index in [2.05, 4.69) is 25.3 Å². The summed E-state index contributed by atoms with van der Waals surface area (Å²) < 4.78 is 0. The zero-order valence-electron chi connectivity index (χ0n) is 23.9. The summed E-state index contributed by atoms with van der Waals surface area (Å²) in [6.07, 6.45) is 22.3. The minimum absolute atomic E-state index is 0.208. The minimum Gasteiger partial charge on any atom is -0.550 e. The lowest BCUT2D eigenvalue weighted by molar-refractivity contribution is -0.372. The van der Waals surface area contributed by atoms with Crippen LogP contribution < -0.4 is 21.7 Å². The molecule has 0 aromatic rings. The van der Waals surface area contributed by atoms with Gasteiger partial charge in [-0.2, -0.15) is 0 Å². The summed E-state index contributed by atoms with van der Waals surface area (Å²) in [4.78, 5) is 20.2. The number of rotatable bonds is 22. The average Bonchev–Trinajstić information content (AvgIpc) is 2.87. The summed E-state index contributed by atoms with van der Waals surface area (Å²) in [6, 6.07) is 0. The van der Waals surface area contributed by atoms with Gasteiger partial charge in [0.15, 0.2) is 0 Å². The monoisotopic (exact) mass is 522 g/mol. The molecule has 0 aliphatic rings. The number of hydrogen-bond donors (Lipinski definition) is 4. The summed E-state index contributed by atoms with van der Waals surface area (Å²) in [5, 5.41) is 35.8. The van der Waals surface area contributed by atoms with Crippen LogP contribution in [0.3, 0.4) is 0 Å². The molecule has 0 saturated heterocycles. The van der Waals surface area contributed by atoms with Gasteiger partial charge in [-0.05, 0) is 25.7 Å². The first kappa shape index (κ1) is 41.9. The summed E-state index contributed by atoms with van der Waals surface area (Å²) in [6.45, 7) is 6.11. The Morgan fingerprint density at radius 3 is 0.861 bits per heavy atom. The van der Waals surface area contributed by atoms with Gasteiger partial charge in [0, 0.05) is 11.9 Å². The van der Waals surface area contributed by atoms with Gasteiger partial charge in [-0.25, -0.2) is 0 Å². The molecule has 0 aromatic heterocycles. The van der Waals surface area contributed by atoms with Crippen LogP contribution in [0.25, 0.3) is 0 Å². The Morgan fingerprint density at radius 1 is 0.500 bits per heavy atom. The highest BCUT2D eigenvalue weighted by Crippen LogP contribution is 2.11. The van der Waals surface area contributed by atoms with Gasteiger partial charge in [-0.3, -0.25) is 0 Å². The zero-order chi connectivity index (χ0) is 28.1. The molecule has 8 nitrogen and oxygen atoms in total. The van der Waals surface area contributed by atoms with Crippen molar-refractivity contribution in [2.75, 3.05) is 26.3 Å². The number of carboxylic acids is 2. The van der Waals surface area contributed by atoms with E-state index in [1.165, 1.54) is 89.9 Å². The zero-order valence-corrected chi connectivity index (χ0v) is 23.9. The average molecular weight is 523 g/mol. The number of carbonyl (C=O) groups is 2. The fraction of sp³-hybridized carbons (Fsp3) is 0.929. The number of carbonyl (C=O) groups excluding carboxylic acids is 2. The van der Waals surface area contributed by atoms with Crippen LogP contribution in [0, 0.1) is 0 Å². The number of hydrogen-bond acceptors (Lipinski definition) is 6. The second kappa shape index (κ2) is 43.8. The van der Waals surface area contributed by atoms with Crippen molar-refractivity contribution in [1.82, 2.24) is 0 Å². The number of aliphatic hydroxyl groups is 2. The van der Waals surface area contributed by atoms with Gasteiger partial charge in [-0.15, -0.1) is 0 Å². The van der Waals surface area contributed by atoms with E-state index in [-0.39, 0.29) is 26.1 Å². The van der Waals surface area contributed by atoms with E-state index >= 15 is 0 Å². The molecule has 0 saturated carbocycles. The normalized spacial score (nSPS) is 9.72. The largest absolute Gasteiger partial charge is 0.550 e. The summed E-state index contributed by atoms with van der Waals surface area (Å²) in [5.41, 5.74) is 6.71. The highest BCUT2D eigenvalue weighted by molar-refractivity contribution is 5.64. The quantitative estimate of drug-likeness (QED) is 0.157. The van der Waals surface area contributed by atoms with Crippen molar-refractivity contribution >= 4 is 11.9 Å². The predicted molar refractivity (Wildman–Crippen MR) is 143 cm³/mol. The van der Waals surface area contributed by atoms with Gasteiger partial charge < -0.3 is 41.5 Å². The molecule has 0 radical (unpaired) electrons. The van der Waals surface area contributed by atoms with E-state index in [9.17, 15) is 19.8 Å². The van der Waals surface area contributed by atoms with Crippen LogP contribution in [0.2, 0.25) is 0 Å². The van der Waals surface area contributed by atoms with Crippen molar-refractivity contribution in [2.45, 2.75) is 142 Å². The van der Waals surface area contributed by atoms with Crippen LogP contribution in [0.5, 0.6) is 0 Å². The Morgan fingerprint density at radius 2 is 0.694 bits per heavy atom. The van der Waals surface area contributed by atoms with Gasteiger partial charge in [-0.1, -0.05) is 117 Å². The van der Waals surface area contributed by atoms with Gasteiger partial charge in [0.25, 0.3) is 0 Å². The van der Waals surface area contributed by atoms with Crippen molar-refractivity contribution in [3.8, 4) is 0 Å². The summed E-state index contributed by atoms with van der Waals surface area (Å²) in [7, 11) is 0. The third kappa shape index (κ3) is 63.8. The van der Waals surface area contributed by atoms with E-state index in [0.717, 1.165) is 25.7 Å². The molecule has 0 bridgehead atoms. The lowest BCUT2D eigenvalue weighted by atomic mass is 10.1. The lowest BCUT2D eigenvalue weighted by Gasteiger charge is -2.02. The first-order chi connectivity index (χ1) is 17.4. The molecule has 0 fully saturated rings. The Balaban J connectivity index is -0.000000219. The first-order valence-electron chi connectivity index (χ1n) is 14.6. The van der Waals surface area contributed by atoms with Crippen molar-refractivity contribution in [2.24, 2.45) is 0 Å². The van der Waals surface area contributed by atoms with E-state index in [4.69, 9.17) is 10.2 Å². The molecule has 0 amide bonds. The maximum absolute atomic E-state index is 10.1. The van der Waals surface area contributed by atoms with E-state index in [1.807, 2.05) is 0 Å². The van der Waals surface area contributed by atoms with Crippen molar-refractivity contribution < 1.29 is 41.5 Å². The second-order valence-electron chi connectivity index (χ2n) is 9.06. The first-order valence-corrected chi connectivity index (χ1v) is 14.6. The molecular weight excluding hydrogens is 460 g/mol. The molecule has 0 aromatic carbocycles. The highest BCUT2D eigenvalue weighted by atomic mass is 16.4. The van der Waals surface area contributed by atoms with Crippen molar-refractivity contribution in [3.05, 3.63) is 0 Å². The predicted octanol–water partition coefficient (Wildman–Crippen LogP) is 1.76. The smallest absolute Gasteiger partial charge is 0.0974 e. The fourth-order valence-electron chi connectivity index (χ4n) is 3.16. The third-order valence-electron chi connectivity index (χ3n) is 5.29. The fourth-order valence-corrected chi connectivity index (χ4v) is 3.16. The maximum Gasteiger partial charge on any atom is 0.0974 e. The molecule has 220 valence electrons. The Hall–Kier alpha value is -1.22. The van der Waals surface area contributed by atoms with E-state index in [0.29, 0.717) is 13.1 Å². The molecule has 8 N–H and O–H groups in total. The van der Waals surface area contributed by atoms with Crippen LogP contribution in [0.15, 0.2) is 0 Å². The molecular formula is C28H62N2O6. The van der Waals surface area contributed by atoms with Crippen LogP contribution in [0.4, 0.5) is 0 Å². The van der Waals surface area contributed by atoms with E-state index in [1.54, 1.807) is 0 Å². The van der Waals surface area contributed by atoms with Gasteiger partial charge in [0.1, 0.15) is 0 Å². The third-order valence-corrected chi connectivity index (χ3v) is 5.29. The van der Waals surface area contributed by atoms with Crippen LogP contribution in [-0.2, 0) is 9.59 Å². The lowest BCUT2D eigenvalue weighted by Crippen LogP contribution is -2.51. The van der Waals surface area contributed by atoms with E-state index < -0.39 is 11.9 Å². The number of aliphatic carboxylic acids is 2. The molecule has 0 aliphatic heterocycles. The van der Waals surface area contributed by atoms with Gasteiger partial charge >= 0.3 is 0 Å². The number of aliphatic hydroxyl groups excluding tert-OH is 2. The van der Waals surface area contributed by atoms with Crippen LogP contribution >= 0.6 is 0 Å². The molecule has 0 atom stereocenters. The summed E-state index contributed by atoms with van der Waals surface area (Å²) >= 11 is 0. The molecule has 8 heteroatoms. The van der Waals surface area contributed by atoms with Crippen LogP contribution in [-0.4, -0.2) is 48.5 Å². The number of carboxylic acid groups (broad SMARTS) is 2. The number of quaternary nitrogens is 2. The molecule has 0 unspecified atom stereocenters. The Labute approximate surface area is 222 Å². The van der Waals surface area contributed by atoms with Gasteiger partial charge in [0.2, 0.25) is 0 Å². The second-order valence-corrected chi connectivity index (χ2v) is 9.06. The Bertz CT molecular complexity index is 358. The molecule has 0 spiro atoms. The molecule has 0 rings (SSSR count). The SMILES string of the molecule is CCCCCCCCCCCC(=O)[O-].CCCCCCCCCCCC(=O)[O-].[NH3+]CCO.[NH3+]CCO. The van der Waals surface area contributed by atoms with Crippen LogP contribution in [0.1, 0.15) is 142 Å².